The number of hydrogen-bond donors (Lipinski definition) is 0. The van der Waals surface area contributed by atoms with Crippen LogP contribution in [0.5, 0.6) is 17.4 Å². The first-order valence-corrected chi connectivity index (χ1v) is 14.4. The fourth-order valence-electron chi connectivity index (χ4n) is 4.90. The fourth-order valence-corrected chi connectivity index (χ4v) is 5.43. The first-order valence-electron chi connectivity index (χ1n) is 13.6. The Labute approximate surface area is 253 Å². The first kappa shape index (κ1) is 28.6. The first-order chi connectivity index (χ1) is 20.8. The van der Waals surface area contributed by atoms with E-state index in [0.29, 0.717) is 64.1 Å². The van der Waals surface area contributed by atoms with E-state index >= 15 is 4.39 Å². The van der Waals surface area contributed by atoms with Crippen LogP contribution >= 0.6 is 15.9 Å². The Morgan fingerprint density at radius 2 is 1.67 bits per heavy atom. The molecular weight excluding hydrogens is 622 g/mol. The quantitative estimate of drug-likeness (QED) is 0.144. The maximum atomic E-state index is 15.2. The second-order valence-corrected chi connectivity index (χ2v) is 11.2. The van der Waals surface area contributed by atoms with Crippen LogP contribution in [-0.2, 0) is 29.0 Å². The summed E-state index contributed by atoms with van der Waals surface area (Å²) >= 11 is 3.51. The normalized spacial score (nSPS) is 13.6. The Bertz CT molecular complexity index is 1810. The van der Waals surface area contributed by atoms with Gasteiger partial charge in [0.05, 0.1) is 29.2 Å². The van der Waals surface area contributed by atoms with Gasteiger partial charge in [0, 0.05) is 37.6 Å². The van der Waals surface area contributed by atoms with Gasteiger partial charge < -0.3 is 14.0 Å². The van der Waals surface area contributed by atoms with Crippen molar-refractivity contribution in [1.82, 2.24) is 19.5 Å². The molecule has 43 heavy (non-hydrogen) atoms. The number of nitrogens with zero attached hydrogens (tertiary/aromatic N) is 4. The van der Waals surface area contributed by atoms with Crippen LogP contribution in [0.2, 0.25) is 0 Å². The van der Waals surface area contributed by atoms with Gasteiger partial charge in [0.1, 0.15) is 22.6 Å². The number of rotatable bonds is 12. The van der Waals surface area contributed by atoms with Gasteiger partial charge in [-0.3, -0.25) is 14.6 Å². The van der Waals surface area contributed by atoms with Gasteiger partial charge in [-0.05, 0) is 70.2 Å². The van der Waals surface area contributed by atoms with E-state index in [4.69, 9.17) is 9.47 Å². The maximum Gasteiger partial charge on any atom is 0.230 e. The maximum absolute atomic E-state index is 15.2. The van der Waals surface area contributed by atoms with Crippen molar-refractivity contribution in [1.29, 1.82) is 0 Å². The molecule has 0 bridgehead atoms. The lowest BCUT2D eigenvalue weighted by Crippen LogP contribution is -2.28. The van der Waals surface area contributed by atoms with Crippen molar-refractivity contribution in [2.24, 2.45) is 5.41 Å². The van der Waals surface area contributed by atoms with E-state index in [1.54, 1.807) is 49.2 Å². The molecule has 0 atom stereocenters. The molecule has 6 rings (SSSR count). The minimum atomic E-state index is -1.06. The molecule has 1 aliphatic carbocycles. The lowest BCUT2D eigenvalue weighted by atomic mass is 9.88. The van der Waals surface area contributed by atoms with E-state index in [9.17, 15) is 14.0 Å². The van der Waals surface area contributed by atoms with Crippen LogP contribution in [0.15, 0.2) is 84.1 Å². The smallest absolute Gasteiger partial charge is 0.230 e. The lowest BCUT2D eigenvalue weighted by Gasteiger charge is -2.14. The Balaban J connectivity index is 1.12. The second kappa shape index (κ2) is 12.0. The van der Waals surface area contributed by atoms with Gasteiger partial charge in [-0.25, -0.2) is 18.7 Å². The van der Waals surface area contributed by atoms with Gasteiger partial charge in [0.15, 0.2) is 23.1 Å². The molecule has 218 valence electrons. The molecule has 5 aromatic rings. The number of aromatic nitrogens is 4. The number of fused-ring (bicyclic) bond motifs is 1. The largest absolute Gasteiger partial charge is 0.475 e. The van der Waals surface area contributed by atoms with Crippen LogP contribution in [0.25, 0.3) is 10.9 Å². The van der Waals surface area contributed by atoms with Gasteiger partial charge in [-0.2, -0.15) is 0 Å². The summed E-state index contributed by atoms with van der Waals surface area (Å²) in [5.74, 6) is -0.802. The summed E-state index contributed by atoms with van der Waals surface area (Å²) in [5.41, 5.74) is 0.571. The highest BCUT2D eigenvalue weighted by Crippen LogP contribution is 2.49. The number of Topliss-reactive ketones (excluding diaryl/α,β-unsaturated/α-hetero) is 2. The monoisotopic (exact) mass is 646 g/mol. The Kier molecular flexibility index (Phi) is 7.98. The average Bonchev–Trinajstić information content (AvgIpc) is 3.66. The number of ketones is 2. The third-order valence-corrected chi connectivity index (χ3v) is 8.20. The zero-order valence-corrected chi connectivity index (χ0v) is 24.4. The molecule has 1 fully saturated rings. The molecule has 2 aromatic carbocycles. The van der Waals surface area contributed by atoms with Crippen molar-refractivity contribution in [3.8, 4) is 17.4 Å². The summed E-state index contributed by atoms with van der Waals surface area (Å²) in [4.78, 5) is 38.9. The SMILES string of the molecule is O=C(Cc1ccc(F)cc1)C1(C(=O)Cc2ccc(Oc3ccnc4c(Br)c(OCCn5ccnc5)ncc34)c(F)c2)CC1. The van der Waals surface area contributed by atoms with Gasteiger partial charge in [-0.1, -0.05) is 18.2 Å². The zero-order valence-electron chi connectivity index (χ0n) is 22.8. The summed E-state index contributed by atoms with van der Waals surface area (Å²) < 4.78 is 42.5. The molecule has 0 spiro atoms. The summed E-state index contributed by atoms with van der Waals surface area (Å²) in [6.45, 7) is 0.962. The van der Waals surface area contributed by atoms with Gasteiger partial charge in [-0.15, -0.1) is 0 Å². The van der Waals surface area contributed by atoms with Crippen LogP contribution in [0.1, 0.15) is 24.0 Å². The molecule has 8 nitrogen and oxygen atoms in total. The molecule has 0 radical (unpaired) electrons. The number of carbonyl (C=O) groups excluding carboxylic acids is 2. The van der Waals surface area contributed by atoms with Crippen LogP contribution in [0, 0.1) is 17.0 Å². The van der Waals surface area contributed by atoms with Crippen molar-refractivity contribution >= 4 is 38.4 Å². The Hall–Kier alpha value is -4.51. The number of benzene rings is 2. The Morgan fingerprint density at radius 3 is 2.37 bits per heavy atom. The summed E-state index contributed by atoms with van der Waals surface area (Å²) in [5, 5.41) is 0.547. The molecule has 1 aliphatic rings. The molecule has 0 N–H and O–H groups in total. The predicted octanol–water partition coefficient (Wildman–Crippen LogP) is 6.44. The van der Waals surface area contributed by atoms with E-state index < -0.39 is 11.2 Å². The third-order valence-electron chi connectivity index (χ3n) is 7.48. The summed E-state index contributed by atoms with van der Waals surface area (Å²) in [6, 6.07) is 11.6. The second-order valence-electron chi connectivity index (χ2n) is 10.4. The molecule has 0 aliphatic heterocycles. The summed E-state index contributed by atoms with van der Waals surface area (Å²) in [7, 11) is 0. The molecule has 3 heterocycles. The molecule has 0 unspecified atom stereocenters. The molecule has 1 saturated carbocycles. The number of carbonyl (C=O) groups is 2. The van der Waals surface area contributed by atoms with E-state index in [0.717, 1.165) is 0 Å². The highest BCUT2D eigenvalue weighted by Gasteiger charge is 2.54. The highest BCUT2D eigenvalue weighted by molar-refractivity contribution is 9.10. The molecular formula is C32H25BrF2N4O4. The van der Waals surface area contributed by atoms with Crippen molar-refractivity contribution in [2.45, 2.75) is 32.2 Å². The molecule has 3 aromatic heterocycles. The van der Waals surface area contributed by atoms with Crippen LogP contribution in [-0.4, -0.2) is 37.7 Å². The number of ether oxygens (including phenoxy) is 2. The predicted molar refractivity (Wildman–Crippen MR) is 157 cm³/mol. The zero-order chi connectivity index (χ0) is 30.0. The standard InChI is InChI=1S/C32H25BrF2N4O4/c33-29-30-23(18-38-31(29)42-14-13-39-12-11-36-19-39)25(7-10-37-30)43-26-6-3-21(15-24(26)35)17-28(41)32(8-9-32)27(40)16-20-1-4-22(34)5-2-20/h1-7,10-12,15,18-19H,8-9,13-14,16-17H2. The van der Waals surface area contributed by atoms with Crippen molar-refractivity contribution in [2.75, 3.05) is 6.61 Å². The minimum absolute atomic E-state index is 0.0333. The van der Waals surface area contributed by atoms with Crippen molar-refractivity contribution in [3.63, 3.8) is 0 Å². The average molecular weight is 647 g/mol. The molecule has 0 amide bonds. The van der Waals surface area contributed by atoms with Crippen LogP contribution in [0.4, 0.5) is 8.78 Å². The van der Waals surface area contributed by atoms with Crippen molar-refractivity contribution < 1.29 is 27.8 Å². The Morgan fingerprint density at radius 1 is 0.930 bits per heavy atom. The van der Waals surface area contributed by atoms with E-state index in [1.165, 1.54) is 24.3 Å². The summed E-state index contributed by atoms with van der Waals surface area (Å²) in [6.07, 6.45) is 9.22. The third kappa shape index (κ3) is 6.17. The van der Waals surface area contributed by atoms with E-state index in [-0.39, 0.29) is 36.0 Å². The van der Waals surface area contributed by atoms with Gasteiger partial charge >= 0.3 is 0 Å². The highest BCUT2D eigenvalue weighted by atomic mass is 79.9. The van der Waals surface area contributed by atoms with Crippen molar-refractivity contribution in [3.05, 3.63) is 107 Å². The fraction of sp³-hybridized carbons (Fsp3) is 0.219. The number of hydrogen-bond acceptors (Lipinski definition) is 7. The number of imidazole rings is 1. The van der Waals surface area contributed by atoms with Gasteiger partial charge in [0.25, 0.3) is 0 Å². The van der Waals surface area contributed by atoms with Crippen LogP contribution < -0.4 is 9.47 Å². The van der Waals surface area contributed by atoms with Crippen LogP contribution in [0.3, 0.4) is 0 Å². The molecule has 0 saturated heterocycles. The van der Waals surface area contributed by atoms with E-state index in [2.05, 4.69) is 30.9 Å². The lowest BCUT2D eigenvalue weighted by molar-refractivity contribution is -0.133. The number of halogens is 3. The van der Waals surface area contributed by atoms with Gasteiger partial charge in [0.2, 0.25) is 5.88 Å². The van der Waals surface area contributed by atoms with E-state index in [1.807, 2.05) is 10.8 Å². The number of pyridine rings is 2. The topological polar surface area (TPSA) is 96.2 Å². The molecule has 11 heteroatoms. The minimum Gasteiger partial charge on any atom is -0.475 e.